The predicted octanol–water partition coefficient (Wildman–Crippen LogP) is 8.85. The van der Waals surface area contributed by atoms with Crippen LogP contribution < -0.4 is 28.3 Å². The summed E-state index contributed by atoms with van der Waals surface area (Å²) in [6.45, 7) is 16.1. The van der Waals surface area contributed by atoms with Crippen molar-refractivity contribution >= 4 is 77.7 Å². The number of aliphatic carboxylic acids is 1. The molecule has 114 heavy (non-hydrogen) atoms. The topological polar surface area (TPSA) is 493 Å². The largest absolute Gasteiger partial charge is 0.480 e. The van der Waals surface area contributed by atoms with Crippen molar-refractivity contribution in [1.29, 1.82) is 0 Å². The Balaban J connectivity index is -0.000000231. The highest BCUT2D eigenvalue weighted by Crippen LogP contribution is 2.15. The molecule has 0 bridgehead atoms. The van der Waals surface area contributed by atoms with E-state index in [0.29, 0.717) is 101 Å². The molecule has 0 amide bonds. The number of esters is 9. The second kappa shape index (κ2) is 77.3. The number of nitrogens with two attached hydrogens (primary N) is 3. The molecule has 0 fully saturated rings. The smallest absolute Gasteiger partial charge is 0.441 e. The molecule has 1 aromatic heterocycles. The van der Waals surface area contributed by atoms with Gasteiger partial charge in [0.25, 0.3) is 0 Å². The molecule has 1 rings (SSSR count). The zero-order chi connectivity index (χ0) is 89.3. The highest BCUT2D eigenvalue weighted by atomic mass is 19.1. The van der Waals surface area contributed by atoms with E-state index in [-0.39, 0.29) is 147 Å². The number of aldehydes is 1. The van der Waals surface area contributed by atoms with Gasteiger partial charge < -0.3 is 80.2 Å². The number of carbonyl (C=O) groups is 11. The van der Waals surface area contributed by atoms with Crippen molar-refractivity contribution in [2.45, 2.75) is 191 Å². The molecular formula is C75H127F5N8O26. The lowest BCUT2D eigenvalue weighted by atomic mass is 10.1. The number of nitrogens with zero attached hydrogens (tertiary/aromatic N) is 4. The number of aliphatic imine (C=N–C) groups is 2. The number of aromatic nitrogens is 2. The number of hydrogen-bond donors (Lipinski definition) is 6. The Morgan fingerprint density at radius 2 is 0.825 bits per heavy atom. The van der Waals surface area contributed by atoms with Crippen molar-refractivity contribution in [3.63, 3.8) is 0 Å². The van der Waals surface area contributed by atoms with E-state index in [0.717, 1.165) is 10.9 Å². The van der Waals surface area contributed by atoms with Crippen LogP contribution in [0.25, 0.3) is 0 Å². The number of allylic oxidation sites excluding steroid dienone is 6. The molecule has 658 valence electrons. The second-order valence-corrected chi connectivity index (χ2v) is 24.3. The lowest BCUT2D eigenvalue weighted by Gasteiger charge is -2.11. The quantitative estimate of drug-likeness (QED) is 0.00408. The first kappa shape index (κ1) is 118. The summed E-state index contributed by atoms with van der Waals surface area (Å²) < 4.78 is 111. The molecule has 0 aromatic carbocycles. The lowest BCUT2D eigenvalue weighted by molar-refractivity contribution is -0.286. The molecule has 0 saturated heterocycles. The van der Waals surface area contributed by atoms with Crippen LogP contribution >= 0.6 is 0 Å². The first-order chi connectivity index (χ1) is 53.6. The fourth-order valence-electron chi connectivity index (χ4n) is 7.62. The number of aliphatic hydroxyl groups is 1. The number of carbonyl (C=O) groups excluding carboxylic acids is 10. The molecule has 9 N–H and O–H groups in total. The standard InChI is InChI=1S/C12H17FN2O4.C11H19FN2O2.C11H19FO4.C9H16FN3O2.C9H15FO3.C8H15NO4.C8H14O4.C7H12O3/c1-8(11(16)18-3)5-4-6-10(13)7-15-9(2)14-19-12(15)17;1-8(11(15)16-3)5-4-6-10(12)7-14-9(2)13;1-4-15-16-8-10(12)7-5-6-9(2)11(13)14-3;1-6(11)13-5-7(10)3-2-4-8(12)9(14)15;1-7(9(12)13-2)4-3-5-8(10)6-11;1-9-6(8(11)13-3)4-5-7(10)12-2;1-6(8(10)12-3)4-5-7(9)11-2;1-6(4-3-5-8)7(9)10-2/h6,8H,4-5,7H2,1-3H3;6,8H,4-5,7H2,1-3H3,(H2,13,14);7,9H,4-6,8H2,1-3H3;3,8H,2,4-5,12H2,1H3,(H2,11,13)(H,14,15);5,7,11H,3-4,6H2,1-2H3;6,9H,4-5H2,1-3H3;6H,4-5H2,1-3H3;5-6H,3-4H2,1-2H3/b2*10-6+;10-7+;7-3+;8-5+;;;/t2*8-;9-;8-;7-;;2*6-/m11111.11/s1. The molecule has 34 nitrogen and oxygen atoms in total. The molecule has 1 aromatic rings. The van der Waals surface area contributed by atoms with Crippen LogP contribution in [0, 0.1) is 42.4 Å². The van der Waals surface area contributed by atoms with Crippen molar-refractivity contribution in [1.82, 2.24) is 15.0 Å². The van der Waals surface area contributed by atoms with E-state index in [2.05, 4.69) is 77.4 Å². The third-order valence-electron chi connectivity index (χ3n) is 14.8. The number of hydrogen-bond acceptors (Lipinski definition) is 30. The summed E-state index contributed by atoms with van der Waals surface area (Å²) in [5.41, 5.74) is 15.7. The van der Waals surface area contributed by atoms with Crippen molar-refractivity contribution in [3.05, 3.63) is 75.9 Å². The Morgan fingerprint density at radius 1 is 0.500 bits per heavy atom. The molecule has 1 unspecified atom stereocenters. The number of nitrogens with one attached hydrogen (secondary N) is 1. The summed E-state index contributed by atoms with van der Waals surface area (Å²) in [6, 6.07) is -1.39. The third-order valence-corrected chi connectivity index (χ3v) is 14.8. The van der Waals surface area contributed by atoms with Crippen molar-refractivity contribution < 1.29 is 142 Å². The van der Waals surface area contributed by atoms with Gasteiger partial charge in [-0.05, 0) is 118 Å². The number of carboxylic acids is 1. The van der Waals surface area contributed by atoms with E-state index < -0.39 is 53.7 Å². The molecule has 0 saturated carbocycles. The maximum absolute atomic E-state index is 13.6. The number of ether oxygens (including phenoxy) is 9. The van der Waals surface area contributed by atoms with Gasteiger partial charge in [0.1, 0.15) is 54.1 Å². The molecule has 0 aliphatic carbocycles. The van der Waals surface area contributed by atoms with Crippen LogP contribution in [-0.4, -0.2) is 214 Å². The molecule has 0 radical (unpaired) electrons. The van der Waals surface area contributed by atoms with Crippen LogP contribution in [-0.2, 0) is 112 Å². The Morgan fingerprint density at radius 3 is 1.12 bits per heavy atom. The fraction of sp³-hybridized carbons (Fsp3) is 0.667. The highest BCUT2D eigenvalue weighted by molar-refractivity contribution is 5.79. The normalized spacial score (nSPS) is 13.5. The SMILES string of the molecule is CC(N)=NC/C(F)=C\CC[C@@H](N)C(=O)O.CCOOC/C(F)=C\CC[C@@H](C)C(=O)OC.CNC(CCC(=O)OC)C(=O)OC.COC(=O)CC[C@@H](C)C(=O)OC.COC(=O)[C@H](C)CC/C=C(/F)CN=C(C)N.COC(=O)[C@H](C)CC/C=C(/F)CO.COC(=O)[C@H](C)CC/C=C(/F)Cn1c(C)noc1=O.COC(=O)[C@H](C)CCC=O. The number of halogens is 5. The van der Waals surface area contributed by atoms with Gasteiger partial charge in [-0.15, -0.1) is 0 Å². The zero-order valence-corrected chi connectivity index (χ0v) is 69.7. The minimum absolute atomic E-state index is 0.0328. The second-order valence-electron chi connectivity index (χ2n) is 24.3. The summed E-state index contributed by atoms with van der Waals surface area (Å²) in [6.07, 6.45) is 14.2. The Hall–Kier alpha value is -9.60. The first-order valence-corrected chi connectivity index (χ1v) is 36.0. The molecule has 8 atom stereocenters. The maximum Gasteiger partial charge on any atom is 0.441 e. The maximum atomic E-state index is 13.6. The highest BCUT2D eigenvalue weighted by Gasteiger charge is 2.20. The number of aryl methyl sites for hydroxylation is 1. The van der Waals surface area contributed by atoms with Gasteiger partial charge in [0.05, 0.1) is 144 Å². The summed E-state index contributed by atoms with van der Waals surface area (Å²) in [5, 5.41) is 22.9. The zero-order valence-electron chi connectivity index (χ0n) is 69.7. The summed E-state index contributed by atoms with van der Waals surface area (Å²) in [4.78, 5) is 146. The van der Waals surface area contributed by atoms with Crippen LogP contribution in [0.3, 0.4) is 0 Å². The number of methoxy groups -OCH3 is 9. The van der Waals surface area contributed by atoms with E-state index in [9.17, 15) is 79.5 Å². The van der Waals surface area contributed by atoms with E-state index in [4.69, 9.17) is 27.4 Å². The number of amidine groups is 2. The van der Waals surface area contributed by atoms with Gasteiger partial charge >= 0.3 is 65.4 Å². The molecule has 0 aliphatic heterocycles. The van der Waals surface area contributed by atoms with E-state index in [1.807, 2.05) is 0 Å². The average molecular weight is 1650 g/mol. The van der Waals surface area contributed by atoms with Gasteiger partial charge in [0.15, 0.2) is 5.82 Å². The number of carboxylic acid groups (broad SMARTS) is 1. The molecule has 0 spiro atoms. The van der Waals surface area contributed by atoms with Crippen molar-refractivity contribution in [2.24, 2.45) is 62.7 Å². The van der Waals surface area contributed by atoms with Crippen molar-refractivity contribution in [2.75, 3.05) is 104 Å². The minimum Gasteiger partial charge on any atom is -0.480 e. The Bertz CT molecular complexity index is 3150. The van der Waals surface area contributed by atoms with Gasteiger partial charge in [-0.3, -0.25) is 67.0 Å². The predicted molar refractivity (Wildman–Crippen MR) is 412 cm³/mol. The lowest BCUT2D eigenvalue weighted by Crippen LogP contribution is -2.35. The Kier molecular flexibility index (Phi) is 79.8. The number of rotatable bonds is 44. The summed E-state index contributed by atoms with van der Waals surface area (Å²) in [5.74, 6) is -7.04. The number of likely N-dealkylation sites (N-methyl/N-ethyl adjacent to an activating group) is 1. The van der Waals surface area contributed by atoms with Gasteiger partial charge in [0, 0.05) is 19.3 Å². The summed E-state index contributed by atoms with van der Waals surface area (Å²) >= 11 is 0. The molecular weight excluding hydrogens is 1520 g/mol. The van der Waals surface area contributed by atoms with Crippen LogP contribution in [0.4, 0.5) is 22.0 Å². The van der Waals surface area contributed by atoms with Gasteiger partial charge in [0.2, 0.25) is 0 Å². The van der Waals surface area contributed by atoms with Crippen LogP contribution in [0.5, 0.6) is 0 Å². The monoisotopic (exact) mass is 1650 g/mol. The van der Waals surface area contributed by atoms with Gasteiger partial charge in [-0.1, -0.05) is 77.1 Å². The van der Waals surface area contributed by atoms with Crippen LogP contribution in [0.15, 0.2) is 78.8 Å². The van der Waals surface area contributed by atoms with E-state index >= 15 is 0 Å². The van der Waals surface area contributed by atoms with Gasteiger partial charge in [-0.25, -0.2) is 36.5 Å². The first-order valence-electron chi connectivity index (χ1n) is 36.0. The number of aliphatic hydroxyl groups excluding tert-OH is 1. The molecule has 1 heterocycles. The molecule has 0 aliphatic rings. The van der Waals surface area contributed by atoms with Gasteiger partial charge in [-0.2, -0.15) is 0 Å². The summed E-state index contributed by atoms with van der Waals surface area (Å²) in [7, 11) is 13.6. The van der Waals surface area contributed by atoms with E-state index in [1.54, 1.807) is 76.3 Å². The van der Waals surface area contributed by atoms with Crippen molar-refractivity contribution in [3.8, 4) is 0 Å². The minimum atomic E-state index is -1.08. The molecule has 39 heteroatoms. The average Bonchev–Trinajstić information content (AvgIpc) is 1.73. The third kappa shape index (κ3) is 72.6. The van der Waals surface area contributed by atoms with E-state index in [1.165, 1.54) is 94.4 Å². The van der Waals surface area contributed by atoms with Crippen LogP contribution in [0.2, 0.25) is 0 Å². The fourth-order valence-corrected chi connectivity index (χ4v) is 7.62. The van der Waals surface area contributed by atoms with Crippen LogP contribution in [0.1, 0.15) is 171 Å². The Labute approximate surface area is 665 Å².